The number of allylic oxidation sites excluding steroid dienone is 1. The molecule has 330 valence electrons. The number of benzene rings is 1. The second kappa shape index (κ2) is 16.9. The van der Waals surface area contributed by atoms with E-state index < -0.39 is 85.9 Å². The largest absolute Gasteiger partial charge is 0.478 e. The van der Waals surface area contributed by atoms with Crippen LogP contribution < -0.4 is 24.8 Å². The van der Waals surface area contributed by atoms with E-state index in [9.17, 15) is 40.8 Å². The highest BCUT2D eigenvalue weighted by molar-refractivity contribution is 7.91. The number of nitrogens with zero attached hydrogens (tertiary/aromatic N) is 2. The van der Waals surface area contributed by atoms with Gasteiger partial charge in [0, 0.05) is 34.2 Å². The summed E-state index contributed by atoms with van der Waals surface area (Å²) in [4.78, 5) is 62.3. The third-order valence-electron chi connectivity index (χ3n) is 12.0. The highest BCUT2D eigenvalue weighted by Gasteiger charge is 2.63. The smallest absolute Gasteiger partial charge is 0.427 e. The zero-order chi connectivity index (χ0) is 44.0. The Morgan fingerprint density at radius 2 is 1.83 bits per heavy atom. The molecular formula is C41H53ClF3N5O9S. The summed E-state index contributed by atoms with van der Waals surface area (Å²) in [6, 6.07) is 3.97. The van der Waals surface area contributed by atoms with Gasteiger partial charge in [0.2, 0.25) is 39.2 Å². The minimum absolute atomic E-state index is 0.0511. The second-order valence-electron chi connectivity index (χ2n) is 17.4. The number of nitrogens with one attached hydrogen (secondary N) is 3. The monoisotopic (exact) mass is 883 g/mol. The molecule has 0 bridgehead atoms. The van der Waals surface area contributed by atoms with E-state index in [-0.39, 0.29) is 37.1 Å². The quantitative estimate of drug-likeness (QED) is 0.228. The van der Waals surface area contributed by atoms with Gasteiger partial charge in [-0.05, 0) is 89.7 Å². The standard InChI is InChI=1S/C41H53ClF3N5O9S/c1-7-17-57-31-20-28-27(13-10-14-29(28)42)34(46-31)58-26-19-30-33(51)48-40(36(53)49-60(55,56)39(6)15-16-39)21-25(40)12-9-8-11-23(2)18-24(3)32(35(52)50(30)22-26)47-37(54)59-38(4,5)41(43,44)45/h9-10,12-14,20,23-26,30,32H,7-8,11,15-19,21-22H2,1-6H3,(H,47,54)(H,48,51)(H,49,53)/b12-9-/t23-,24-,25-,26-,30+,32+,40-/m1/s1. The van der Waals surface area contributed by atoms with Crippen LogP contribution in [0.1, 0.15) is 92.9 Å². The number of sulfonamides is 1. The van der Waals surface area contributed by atoms with Crippen molar-refractivity contribution in [2.24, 2.45) is 17.8 Å². The molecule has 1 aromatic carbocycles. The Morgan fingerprint density at radius 1 is 1.12 bits per heavy atom. The number of ether oxygens (including phenoxy) is 3. The van der Waals surface area contributed by atoms with E-state index in [0.717, 1.165) is 0 Å². The number of aromatic nitrogens is 1. The van der Waals surface area contributed by atoms with Gasteiger partial charge in [0.15, 0.2) is 0 Å². The summed E-state index contributed by atoms with van der Waals surface area (Å²) in [5.74, 6) is -3.46. The van der Waals surface area contributed by atoms with Gasteiger partial charge in [0.1, 0.15) is 23.7 Å². The van der Waals surface area contributed by atoms with Crippen LogP contribution >= 0.6 is 11.6 Å². The minimum atomic E-state index is -4.92. The van der Waals surface area contributed by atoms with Crippen molar-refractivity contribution in [2.75, 3.05) is 13.2 Å². The molecule has 0 unspecified atom stereocenters. The Hall–Kier alpha value is -4.32. The van der Waals surface area contributed by atoms with E-state index in [0.29, 0.717) is 74.8 Å². The molecule has 3 heterocycles. The molecule has 2 aromatic rings. The highest BCUT2D eigenvalue weighted by atomic mass is 35.5. The molecule has 60 heavy (non-hydrogen) atoms. The summed E-state index contributed by atoms with van der Waals surface area (Å²) in [6.45, 7) is 8.54. The Bertz CT molecular complexity index is 2150. The maximum Gasteiger partial charge on any atom is 0.427 e. The van der Waals surface area contributed by atoms with Crippen molar-refractivity contribution in [3.63, 3.8) is 0 Å². The van der Waals surface area contributed by atoms with Gasteiger partial charge < -0.3 is 29.7 Å². The maximum absolute atomic E-state index is 14.8. The molecule has 19 heteroatoms. The third-order valence-corrected chi connectivity index (χ3v) is 14.5. The van der Waals surface area contributed by atoms with Crippen LogP contribution in [-0.4, -0.2) is 95.5 Å². The third kappa shape index (κ3) is 9.43. The first-order valence-corrected chi connectivity index (χ1v) is 22.2. The van der Waals surface area contributed by atoms with Crippen molar-refractivity contribution >= 4 is 56.2 Å². The van der Waals surface area contributed by atoms with Crippen molar-refractivity contribution < 1.29 is 55.0 Å². The Labute approximate surface area is 352 Å². The van der Waals surface area contributed by atoms with Crippen LogP contribution in [-0.2, 0) is 29.1 Å². The molecule has 6 rings (SSSR count). The molecule has 3 N–H and O–H groups in total. The number of carbonyl (C=O) groups excluding carboxylic acids is 4. The summed E-state index contributed by atoms with van der Waals surface area (Å²) in [7, 11) is -4.09. The number of fused-ring (bicyclic) bond motifs is 3. The molecule has 7 atom stereocenters. The first kappa shape index (κ1) is 45.2. The molecule has 1 saturated heterocycles. The molecule has 2 saturated carbocycles. The van der Waals surface area contributed by atoms with E-state index in [1.807, 2.05) is 19.9 Å². The lowest BCUT2D eigenvalue weighted by Gasteiger charge is -2.34. The van der Waals surface area contributed by atoms with Gasteiger partial charge in [-0.25, -0.2) is 13.2 Å². The van der Waals surface area contributed by atoms with Gasteiger partial charge >= 0.3 is 12.3 Å². The number of halogens is 4. The Kier molecular flexibility index (Phi) is 12.7. The summed E-state index contributed by atoms with van der Waals surface area (Å²) >= 11 is 6.56. The van der Waals surface area contributed by atoms with Crippen molar-refractivity contribution in [3.05, 3.63) is 41.4 Å². The average molecular weight is 884 g/mol. The minimum Gasteiger partial charge on any atom is -0.478 e. The number of rotatable bonds is 10. The lowest BCUT2D eigenvalue weighted by Crippen LogP contribution is -2.59. The first-order chi connectivity index (χ1) is 28.0. The first-order valence-electron chi connectivity index (χ1n) is 20.3. The van der Waals surface area contributed by atoms with Crippen LogP contribution in [0.2, 0.25) is 5.02 Å². The van der Waals surface area contributed by atoms with E-state index in [4.69, 9.17) is 25.8 Å². The molecule has 4 aliphatic rings. The molecule has 0 radical (unpaired) electrons. The molecule has 0 spiro atoms. The van der Waals surface area contributed by atoms with Crippen LogP contribution in [0.5, 0.6) is 11.8 Å². The highest BCUT2D eigenvalue weighted by Crippen LogP contribution is 2.48. The van der Waals surface area contributed by atoms with Crippen molar-refractivity contribution in [2.45, 2.75) is 133 Å². The summed E-state index contributed by atoms with van der Waals surface area (Å²) < 4.78 is 86.0. The summed E-state index contributed by atoms with van der Waals surface area (Å²) in [5, 5.41) is 6.65. The van der Waals surface area contributed by atoms with Gasteiger partial charge in [0.25, 0.3) is 5.91 Å². The van der Waals surface area contributed by atoms with E-state index in [1.165, 1.54) is 11.8 Å². The van der Waals surface area contributed by atoms with Crippen molar-refractivity contribution in [3.8, 4) is 11.8 Å². The van der Waals surface area contributed by atoms with Crippen LogP contribution in [0.25, 0.3) is 10.8 Å². The van der Waals surface area contributed by atoms with E-state index in [2.05, 4.69) is 20.3 Å². The molecule has 1 aromatic heterocycles. The number of hydrogen-bond donors (Lipinski definition) is 3. The van der Waals surface area contributed by atoms with Gasteiger partial charge in [0.05, 0.1) is 17.9 Å². The number of hydrogen-bond acceptors (Lipinski definition) is 10. The fourth-order valence-electron chi connectivity index (χ4n) is 7.76. The fraction of sp³-hybridized carbons (Fsp3) is 0.634. The zero-order valence-corrected chi connectivity index (χ0v) is 36.1. The number of pyridine rings is 1. The zero-order valence-electron chi connectivity index (χ0n) is 34.5. The van der Waals surface area contributed by atoms with Crippen LogP contribution in [0, 0.1) is 17.8 Å². The second-order valence-corrected chi connectivity index (χ2v) is 20.0. The van der Waals surface area contributed by atoms with Crippen LogP contribution in [0.4, 0.5) is 18.0 Å². The predicted molar refractivity (Wildman–Crippen MR) is 216 cm³/mol. The van der Waals surface area contributed by atoms with Crippen LogP contribution in [0.15, 0.2) is 36.4 Å². The number of alkyl carbamates (subject to hydrolysis) is 1. The van der Waals surface area contributed by atoms with E-state index >= 15 is 0 Å². The van der Waals surface area contributed by atoms with Gasteiger partial charge in [-0.2, -0.15) is 18.2 Å². The SMILES string of the molecule is CCCOc1cc2c(Cl)cccc2c(O[C@@H]2C[C@H]3C(=O)N[C@]4(C(=O)NS(=O)(=O)C5(C)CC5)C[C@H]4/C=C\CC[C@@H](C)C[C@@H](C)[C@H](NC(=O)OC(C)(C)C(F)(F)F)C(=O)N3C2)n1. The van der Waals surface area contributed by atoms with Gasteiger partial charge in [-0.3, -0.25) is 19.1 Å². The van der Waals surface area contributed by atoms with Crippen molar-refractivity contribution in [1.29, 1.82) is 0 Å². The average Bonchev–Trinajstić information content (AvgIpc) is 4.04. The topological polar surface area (TPSA) is 182 Å². The van der Waals surface area contributed by atoms with Crippen molar-refractivity contribution in [1.82, 2.24) is 25.2 Å². The number of carbonyl (C=O) groups is 4. The van der Waals surface area contributed by atoms with Crippen LogP contribution in [0.3, 0.4) is 0 Å². The number of amides is 4. The molecule has 14 nitrogen and oxygen atoms in total. The molecule has 3 fully saturated rings. The maximum atomic E-state index is 14.8. The Morgan fingerprint density at radius 3 is 2.50 bits per heavy atom. The molecule has 4 amide bonds. The Balaban J connectivity index is 1.37. The summed E-state index contributed by atoms with van der Waals surface area (Å²) in [5.41, 5.74) is -4.56. The van der Waals surface area contributed by atoms with Gasteiger partial charge in [-0.15, -0.1) is 0 Å². The van der Waals surface area contributed by atoms with E-state index in [1.54, 1.807) is 37.3 Å². The predicted octanol–water partition coefficient (Wildman–Crippen LogP) is 6.35. The summed E-state index contributed by atoms with van der Waals surface area (Å²) in [6.07, 6.45) is -0.849. The normalized spacial score (nSPS) is 28.9. The fourth-order valence-corrected chi connectivity index (χ4v) is 9.30. The number of alkyl halides is 3. The molecule has 2 aliphatic carbocycles. The molecule has 2 aliphatic heterocycles. The lowest BCUT2D eigenvalue weighted by molar-refractivity contribution is -0.244. The van der Waals surface area contributed by atoms with Gasteiger partial charge in [-0.1, -0.05) is 50.6 Å². The lowest BCUT2D eigenvalue weighted by atomic mass is 9.88. The molecular weight excluding hydrogens is 831 g/mol.